The van der Waals surface area contributed by atoms with E-state index >= 15 is 0 Å². The predicted octanol–water partition coefficient (Wildman–Crippen LogP) is 1.36. The van der Waals surface area contributed by atoms with Crippen LogP contribution in [0, 0.1) is 13.8 Å². The number of carboxylic acids is 1. The van der Waals surface area contributed by atoms with Crippen LogP contribution < -0.4 is 16.2 Å². The zero-order chi connectivity index (χ0) is 20.7. The average Bonchev–Trinajstić information content (AvgIpc) is 2.54. The molecule has 2 amide bonds. The Morgan fingerprint density at radius 2 is 1.81 bits per heavy atom. The van der Waals surface area contributed by atoms with E-state index < -0.39 is 17.9 Å². The Morgan fingerprint density at radius 1 is 1.19 bits per heavy atom. The first-order valence-electron chi connectivity index (χ1n) is 9.12. The Hall–Kier alpha value is -2.64. The van der Waals surface area contributed by atoms with Crippen molar-refractivity contribution in [2.75, 3.05) is 0 Å². The number of aliphatic carboxylic acids is 1. The van der Waals surface area contributed by atoms with Crippen molar-refractivity contribution in [3.8, 4) is 0 Å². The van der Waals surface area contributed by atoms with Gasteiger partial charge in [-0.25, -0.2) is 4.79 Å². The van der Waals surface area contributed by atoms with Gasteiger partial charge < -0.3 is 20.3 Å². The molecule has 1 heterocycles. The summed E-state index contributed by atoms with van der Waals surface area (Å²) in [5.41, 5.74) is 0.599. The van der Waals surface area contributed by atoms with Gasteiger partial charge in [0.15, 0.2) is 0 Å². The van der Waals surface area contributed by atoms with Gasteiger partial charge in [-0.2, -0.15) is 0 Å². The van der Waals surface area contributed by atoms with Crippen molar-refractivity contribution < 1.29 is 19.5 Å². The summed E-state index contributed by atoms with van der Waals surface area (Å²) >= 11 is 0. The summed E-state index contributed by atoms with van der Waals surface area (Å²) in [5.74, 6) is -2.00. The number of aromatic nitrogens is 1. The fraction of sp³-hybridized carbons (Fsp3) is 0.579. The lowest BCUT2D eigenvalue weighted by atomic mass is 10.0. The van der Waals surface area contributed by atoms with Gasteiger partial charge in [-0.1, -0.05) is 19.8 Å². The molecule has 1 aromatic heterocycles. The Kier molecular flexibility index (Phi) is 8.21. The molecule has 0 saturated carbocycles. The monoisotopic (exact) mass is 379 g/mol. The molecule has 0 aliphatic rings. The molecule has 8 nitrogen and oxygen atoms in total. The second kappa shape index (κ2) is 9.89. The van der Waals surface area contributed by atoms with Crippen LogP contribution in [-0.4, -0.2) is 39.5 Å². The van der Waals surface area contributed by atoms with E-state index in [1.54, 1.807) is 13.8 Å². The van der Waals surface area contributed by atoms with Crippen molar-refractivity contribution in [2.24, 2.45) is 0 Å². The number of pyridine rings is 1. The van der Waals surface area contributed by atoms with E-state index in [1.807, 2.05) is 20.8 Å². The summed E-state index contributed by atoms with van der Waals surface area (Å²) in [6, 6.07) is 0.212. The Bertz CT molecular complexity index is 767. The highest BCUT2D eigenvalue weighted by Gasteiger charge is 2.24. The smallest absolute Gasteiger partial charge is 0.326 e. The van der Waals surface area contributed by atoms with Crippen LogP contribution in [0.1, 0.15) is 61.6 Å². The molecule has 0 aliphatic heterocycles. The van der Waals surface area contributed by atoms with Gasteiger partial charge in [0.25, 0.3) is 11.5 Å². The van der Waals surface area contributed by atoms with Gasteiger partial charge >= 0.3 is 5.97 Å². The predicted molar refractivity (Wildman–Crippen MR) is 102 cm³/mol. The SMILES string of the molecule is CCCC[C@H](NC(=O)c1c(C)cc(=O)n(CC(=O)NC(C)C)c1C)C(=O)O. The number of carbonyl (C=O) groups is 3. The van der Waals surface area contributed by atoms with Crippen molar-refractivity contribution in [3.63, 3.8) is 0 Å². The van der Waals surface area contributed by atoms with E-state index in [1.165, 1.54) is 10.6 Å². The lowest BCUT2D eigenvalue weighted by Gasteiger charge is -2.19. The van der Waals surface area contributed by atoms with Gasteiger partial charge in [0.2, 0.25) is 5.91 Å². The molecule has 0 aromatic carbocycles. The molecular weight excluding hydrogens is 350 g/mol. The van der Waals surface area contributed by atoms with Crippen LogP contribution in [0.2, 0.25) is 0 Å². The highest BCUT2D eigenvalue weighted by Crippen LogP contribution is 2.13. The van der Waals surface area contributed by atoms with Crippen LogP contribution in [0.5, 0.6) is 0 Å². The molecule has 0 aliphatic carbocycles. The molecule has 27 heavy (non-hydrogen) atoms. The third-order valence-electron chi connectivity index (χ3n) is 4.20. The van der Waals surface area contributed by atoms with Crippen molar-refractivity contribution in [3.05, 3.63) is 33.2 Å². The number of amides is 2. The third kappa shape index (κ3) is 6.23. The molecule has 0 radical (unpaired) electrons. The Morgan fingerprint density at radius 3 is 2.33 bits per heavy atom. The molecule has 1 atom stereocenters. The van der Waals surface area contributed by atoms with Gasteiger partial charge in [0, 0.05) is 17.8 Å². The van der Waals surface area contributed by atoms with E-state index in [0.29, 0.717) is 24.1 Å². The van der Waals surface area contributed by atoms with Gasteiger partial charge in [-0.3, -0.25) is 14.4 Å². The van der Waals surface area contributed by atoms with Gasteiger partial charge in [-0.15, -0.1) is 0 Å². The summed E-state index contributed by atoms with van der Waals surface area (Å²) < 4.78 is 1.22. The molecule has 3 N–H and O–H groups in total. The van der Waals surface area contributed by atoms with Crippen LogP contribution >= 0.6 is 0 Å². The first kappa shape index (κ1) is 22.4. The third-order valence-corrected chi connectivity index (χ3v) is 4.20. The number of rotatable bonds is 9. The summed E-state index contributed by atoms with van der Waals surface area (Å²) in [6.07, 6.45) is 1.81. The maximum absolute atomic E-state index is 12.7. The maximum Gasteiger partial charge on any atom is 0.326 e. The molecular formula is C19H29N3O5. The zero-order valence-corrected chi connectivity index (χ0v) is 16.6. The largest absolute Gasteiger partial charge is 0.480 e. The molecule has 0 unspecified atom stereocenters. The molecule has 1 aromatic rings. The second-order valence-electron chi connectivity index (χ2n) is 6.94. The minimum absolute atomic E-state index is 0.0726. The average molecular weight is 379 g/mol. The normalized spacial score (nSPS) is 11.9. The first-order chi connectivity index (χ1) is 12.6. The number of unbranched alkanes of at least 4 members (excludes halogenated alkanes) is 1. The van der Waals surface area contributed by atoms with E-state index in [2.05, 4.69) is 10.6 Å². The topological polar surface area (TPSA) is 118 Å². The van der Waals surface area contributed by atoms with Gasteiger partial charge in [0.1, 0.15) is 12.6 Å². The first-order valence-corrected chi connectivity index (χ1v) is 9.12. The van der Waals surface area contributed by atoms with Crippen LogP contribution in [0.15, 0.2) is 10.9 Å². The minimum atomic E-state index is -1.10. The van der Waals surface area contributed by atoms with Crippen molar-refractivity contribution in [1.29, 1.82) is 0 Å². The van der Waals surface area contributed by atoms with E-state index in [4.69, 9.17) is 0 Å². The van der Waals surface area contributed by atoms with Crippen molar-refractivity contribution in [2.45, 2.75) is 72.5 Å². The standard InChI is InChI=1S/C19H29N3O5/c1-6-7-8-14(19(26)27)21-18(25)17-12(4)9-16(24)22(13(17)5)10-15(23)20-11(2)3/h9,11,14H,6-8,10H2,1-5H3,(H,20,23)(H,21,25)(H,26,27)/t14-/m0/s1. The lowest BCUT2D eigenvalue weighted by Crippen LogP contribution is -2.42. The fourth-order valence-electron chi connectivity index (χ4n) is 2.87. The summed E-state index contributed by atoms with van der Waals surface area (Å²) in [6.45, 7) is 8.54. The van der Waals surface area contributed by atoms with Crippen LogP contribution in [0.4, 0.5) is 0 Å². The second-order valence-corrected chi connectivity index (χ2v) is 6.94. The highest BCUT2D eigenvalue weighted by atomic mass is 16.4. The van der Waals surface area contributed by atoms with Gasteiger partial charge in [-0.05, 0) is 39.7 Å². The highest BCUT2D eigenvalue weighted by molar-refractivity contribution is 5.98. The molecule has 0 spiro atoms. The Balaban J connectivity index is 3.18. The van der Waals surface area contributed by atoms with Crippen molar-refractivity contribution >= 4 is 17.8 Å². The molecule has 0 bridgehead atoms. The van der Waals surface area contributed by atoms with Crippen LogP contribution in [-0.2, 0) is 16.1 Å². The number of nitrogens with one attached hydrogen (secondary N) is 2. The minimum Gasteiger partial charge on any atom is -0.480 e. The molecule has 0 saturated heterocycles. The molecule has 0 fully saturated rings. The summed E-state index contributed by atoms with van der Waals surface area (Å²) in [4.78, 5) is 48.4. The molecule has 1 rings (SSSR count). The lowest BCUT2D eigenvalue weighted by molar-refractivity contribution is -0.139. The summed E-state index contributed by atoms with van der Waals surface area (Å²) in [7, 11) is 0. The van der Waals surface area contributed by atoms with Crippen molar-refractivity contribution in [1.82, 2.24) is 15.2 Å². The molecule has 8 heteroatoms. The Labute approximate surface area is 159 Å². The number of hydrogen-bond donors (Lipinski definition) is 3. The van der Waals surface area contributed by atoms with E-state index in [0.717, 1.165) is 6.42 Å². The van der Waals surface area contributed by atoms with Crippen LogP contribution in [0.3, 0.4) is 0 Å². The van der Waals surface area contributed by atoms with Gasteiger partial charge in [0.05, 0.1) is 5.56 Å². The number of nitrogens with zero attached hydrogens (tertiary/aromatic N) is 1. The number of aryl methyl sites for hydroxylation is 1. The quantitative estimate of drug-likeness (QED) is 0.599. The number of hydrogen-bond acceptors (Lipinski definition) is 4. The molecule has 150 valence electrons. The fourth-order valence-corrected chi connectivity index (χ4v) is 2.87. The number of carboxylic acid groups (broad SMARTS) is 1. The maximum atomic E-state index is 12.7. The van der Waals surface area contributed by atoms with E-state index in [-0.39, 0.29) is 29.6 Å². The zero-order valence-electron chi connectivity index (χ0n) is 16.6. The number of carbonyl (C=O) groups excluding carboxylic acids is 2. The summed E-state index contributed by atoms with van der Waals surface area (Å²) in [5, 5.41) is 14.5. The van der Waals surface area contributed by atoms with Crippen LogP contribution in [0.25, 0.3) is 0 Å². The van der Waals surface area contributed by atoms with E-state index in [9.17, 15) is 24.3 Å².